The molecule has 0 unspecified atom stereocenters. The fraction of sp³-hybridized carbons (Fsp3) is 0.909. The maximum atomic E-state index is 11.8. The Labute approximate surface area is 81.9 Å². The van der Waals surface area contributed by atoms with Gasteiger partial charge in [0, 0.05) is 19.1 Å². The Hall–Kier alpha value is -0.570. The van der Waals surface area contributed by atoms with Crippen LogP contribution < -0.4 is 5.32 Å². The monoisotopic (exact) mass is 191 g/mol. The summed E-state index contributed by atoms with van der Waals surface area (Å²) in [5.41, 5.74) is 0.432. The Bertz CT molecular complexity index is 349. The number of rotatable bonds is 2. The van der Waals surface area contributed by atoms with Crippen molar-refractivity contribution in [3.8, 4) is 0 Å². The van der Waals surface area contributed by atoms with Crippen molar-refractivity contribution < 1.29 is 9.90 Å². The number of hydrogen-bond acceptors (Lipinski definition) is 2. The molecule has 0 radical (unpaired) electrons. The highest BCUT2D eigenvalue weighted by molar-refractivity contribution is 5.92. The standard InChI is InChI=1S/C11H13NO2/c1-12-9(14)11-6-3-7(11)5-8(11)4(6)10(3,5)2-13/h3-8,13H,2H2,1H3,(H,12,14). The molecule has 0 aliphatic heterocycles. The lowest BCUT2D eigenvalue weighted by Crippen LogP contribution is -3.11. The second-order valence-corrected chi connectivity index (χ2v) is 5.94. The number of carbonyl (C=O) groups is 1. The second kappa shape index (κ2) is 1.37. The van der Waals surface area contributed by atoms with Gasteiger partial charge in [-0.15, -0.1) is 0 Å². The lowest BCUT2D eigenvalue weighted by Gasteiger charge is -3.10. The number of hydrogen-bond donors (Lipinski definition) is 2. The van der Waals surface area contributed by atoms with Crippen LogP contribution in [0.3, 0.4) is 0 Å². The zero-order chi connectivity index (χ0) is 9.46. The molecular weight excluding hydrogens is 178 g/mol. The molecule has 0 aromatic carbocycles. The van der Waals surface area contributed by atoms with Crippen molar-refractivity contribution in [1.82, 2.24) is 5.32 Å². The first-order chi connectivity index (χ1) is 6.77. The molecule has 14 heavy (non-hydrogen) atoms. The van der Waals surface area contributed by atoms with Crippen molar-refractivity contribution in [2.24, 2.45) is 46.3 Å². The average Bonchev–Trinajstić information content (AvgIpc) is 2.27. The van der Waals surface area contributed by atoms with Crippen molar-refractivity contribution in [2.75, 3.05) is 13.7 Å². The Morgan fingerprint density at radius 1 is 1.21 bits per heavy atom. The van der Waals surface area contributed by atoms with Gasteiger partial charge in [-0.05, 0) is 35.5 Å². The fourth-order valence-corrected chi connectivity index (χ4v) is 6.74. The molecule has 6 rings (SSSR count). The minimum absolute atomic E-state index is 0.0890. The van der Waals surface area contributed by atoms with Gasteiger partial charge in [0.1, 0.15) is 0 Å². The maximum absolute atomic E-state index is 11.8. The third kappa shape index (κ3) is 0.251. The van der Waals surface area contributed by atoms with Crippen LogP contribution in [0.2, 0.25) is 0 Å². The fourth-order valence-electron chi connectivity index (χ4n) is 6.74. The molecule has 6 aliphatic rings. The molecule has 0 bridgehead atoms. The molecule has 0 heterocycles. The molecule has 3 nitrogen and oxygen atoms in total. The summed E-state index contributed by atoms with van der Waals surface area (Å²) in [6.07, 6.45) is 0. The number of carbonyl (C=O) groups excluding carboxylic acids is 1. The molecule has 6 fully saturated rings. The first-order valence-corrected chi connectivity index (χ1v) is 5.61. The smallest absolute Gasteiger partial charge is 0.226 e. The van der Waals surface area contributed by atoms with E-state index in [1.165, 1.54) is 0 Å². The van der Waals surface area contributed by atoms with Crippen molar-refractivity contribution in [1.29, 1.82) is 0 Å². The average molecular weight is 191 g/mol. The highest BCUT2D eigenvalue weighted by Crippen LogP contribution is 3.10. The van der Waals surface area contributed by atoms with E-state index >= 15 is 0 Å². The van der Waals surface area contributed by atoms with Crippen molar-refractivity contribution in [2.45, 2.75) is 0 Å². The number of nitrogens with one attached hydrogen (secondary N) is 1. The SMILES string of the molecule is CNC(=O)C12C3C4C1C1C2C3C41CO. The zero-order valence-electron chi connectivity index (χ0n) is 8.03. The van der Waals surface area contributed by atoms with Gasteiger partial charge in [-0.25, -0.2) is 0 Å². The van der Waals surface area contributed by atoms with Crippen LogP contribution >= 0.6 is 0 Å². The number of aliphatic hydroxyl groups excluding tert-OH is 1. The minimum Gasteiger partial charge on any atom is -0.396 e. The predicted molar refractivity (Wildman–Crippen MR) is 47.0 cm³/mol. The number of aliphatic hydroxyl groups is 1. The second-order valence-electron chi connectivity index (χ2n) is 5.94. The topological polar surface area (TPSA) is 49.3 Å². The van der Waals surface area contributed by atoms with E-state index in [1.807, 2.05) is 0 Å². The molecular formula is C11H13NO2. The highest BCUT2D eigenvalue weighted by Gasteiger charge is 3.11. The lowest BCUT2D eigenvalue weighted by atomic mass is 8.92. The van der Waals surface area contributed by atoms with E-state index in [-0.39, 0.29) is 5.41 Å². The van der Waals surface area contributed by atoms with Crippen LogP contribution in [0.4, 0.5) is 0 Å². The van der Waals surface area contributed by atoms with Crippen LogP contribution in [0.25, 0.3) is 0 Å². The van der Waals surface area contributed by atoms with Gasteiger partial charge in [-0.2, -0.15) is 0 Å². The summed E-state index contributed by atoms with van der Waals surface area (Å²) >= 11 is 0. The maximum Gasteiger partial charge on any atom is 0.226 e. The molecule has 0 aromatic heterocycles. The minimum atomic E-state index is 0.0890. The van der Waals surface area contributed by atoms with Crippen molar-refractivity contribution in [3.05, 3.63) is 0 Å². The Morgan fingerprint density at radius 3 is 2.07 bits per heavy atom. The molecule has 3 heteroatoms. The molecule has 74 valence electrons. The molecule has 2 N–H and O–H groups in total. The van der Waals surface area contributed by atoms with E-state index < -0.39 is 0 Å². The van der Waals surface area contributed by atoms with E-state index in [2.05, 4.69) is 5.32 Å². The molecule has 1 amide bonds. The van der Waals surface area contributed by atoms with Crippen LogP contribution in [-0.2, 0) is 4.79 Å². The molecule has 0 spiro atoms. The Kier molecular flexibility index (Phi) is 0.668. The molecule has 0 atom stereocenters. The van der Waals surface area contributed by atoms with Crippen molar-refractivity contribution >= 4 is 5.91 Å². The zero-order valence-corrected chi connectivity index (χ0v) is 8.03. The van der Waals surface area contributed by atoms with E-state index in [1.54, 1.807) is 7.05 Å². The van der Waals surface area contributed by atoms with Crippen LogP contribution in [0.5, 0.6) is 0 Å². The normalized spacial score (nSPS) is 77.0. The molecule has 0 aromatic rings. The summed E-state index contributed by atoms with van der Waals surface area (Å²) < 4.78 is 0. The van der Waals surface area contributed by atoms with E-state index in [0.717, 1.165) is 17.8 Å². The van der Waals surface area contributed by atoms with Crippen LogP contribution in [0.15, 0.2) is 0 Å². The first-order valence-electron chi connectivity index (χ1n) is 5.61. The van der Waals surface area contributed by atoms with Gasteiger partial charge < -0.3 is 10.4 Å². The van der Waals surface area contributed by atoms with E-state index in [0.29, 0.717) is 35.7 Å². The summed E-state index contributed by atoms with van der Waals surface area (Å²) in [6.45, 7) is 0.389. The van der Waals surface area contributed by atoms with Crippen molar-refractivity contribution in [3.63, 3.8) is 0 Å². The molecule has 6 aliphatic carbocycles. The van der Waals surface area contributed by atoms with Gasteiger partial charge >= 0.3 is 0 Å². The Morgan fingerprint density at radius 2 is 1.71 bits per heavy atom. The largest absolute Gasteiger partial charge is 0.396 e. The van der Waals surface area contributed by atoms with Gasteiger partial charge in [0.25, 0.3) is 0 Å². The van der Waals surface area contributed by atoms with Gasteiger partial charge in [-0.3, -0.25) is 4.79 Å². The highest BCUT2D eigenvalue weighted by atomic mass is 16.3. The van der Waals surface area contributed by atoms with Gasteiger partial charge in [0.05, 0.1) is 5.41 Å². The van der Waals surface area contributed by atoms with E-state index in [4.69, 9.17) is 0 Å². The third-order valence-electron chi connectivity index (χ3n) is 6.73. The van der Waals surface area contributed by atoms with Crippen LogP contribution in [0, 0.1) is 46.3 Å². The summed E-state index contributed by atoms with van der Waals surface area (Å²) in [4.78, 5) is 11.8. The predicted octanol–water partition coefficient (Wildman–Crippen LogP) is -0.537. The summed E-state index contributed by atoms with van der Waals surface area (Å²) in [6, 6.07) is 0. The number of amides is 1. The van der Waals surface area contributed by atoms with Gasteiger partial charge in [-0.1, -0.05) is 0 Å². The molecule has 6 saturated carbocycles. The molecule has 0 saturated heterocycles. The Balaban J connectivity index is 1.59. The van der Waals surface area contributed by atoms with Crippen LogP contribution in [-0.4, -0.2) is 24.7 Å². The summed E-state index contributed by atoms with van der Waals surface area (Å²) in [5.74, 6) is 4.55. The summed E-state index contributed by atoms with van der Waals surface area (Å²) in [7, 11) is 1.76. The lowest BCUT2D eigenvalue weighted by molar-refractivity contribution is -0.644. The third-order valence-corrected chi connectivity index (χ3v) is 6.73. The summed E-state index contributed by atoms with van der Waals surface area (Å²) in [5, 5.41) is 12.2. The van der Waals surface area contributed by atoms with Gasteiger partial charge in [0.2, 0.25) is 5.91 Å². The quantitative estimate of drug-likeness (QED) is 0.616. The van der Waals surface area contributed by atoms with Crippen LogP contribution in [0.1, 0.15) is 0 Å². The van der Waals surface area contributed by atoms with Gasteiger partial charge in [0.15, 0.2) is 0 Å². The first kappa shape index (κ1) is 6.83. The van der Waals surface area contributed by atoms with E-state index in [9.17, 15) is 9.90 Å².